The van der Waals surface area contributed by atoms with E-state index in [2.05, 4.69) is 10.3 Å². The number of amides is 2. The first kappa shape index (κ1) is 26.2. The number of Topliss-reactive ketones (excluding diaryl/α,β-unsaturated/α-hetero) is 1. The Kier molecular flexibility index (Phi) is 7.25. The number of carbonyl (C=O) groups is 3. The molecule has 3 aromatic rings. The van der Waals surface area contributed by atoms with Crippen LogP contribution in [0.4, 0.5) is 38.1 Å². The third kappa shape index (κ3) is 5.77. The Morgan fingerprint density at radius 2 is 1.65 bits per heavy atom. The number of carboxylic acids is 1. The van der Waals surface area contributed by atoms with Gasteiger partial charge in [0.05, 0.1) is 27.7 Å². The van der Waals surface area contributed by atoms with E-state index in [1.54, 1.807) is 0 Å². The van der Waals surface area contributed by atoms with Crippen molar-refractivity contribution in [1.29, 1.82) is 0 Å². The van der Waals surface area contributed by atoms with E-state index in [1.165, 1.54) is 18.3 Å². The summed E-state index contributed by atoms with van der Waals surface area (Å²) >= 11 is 0.976. The van der Waals surface area contributed by atoms with Crippen molar-refractivity contribution in [3.8, 4) is 10.4 Å². The van der Waals surface area contributed by atoms with Gasteiger partial charge in [0.1, 0.15) is 11.6 Å². The van der Waals surface area contributed by atoms with Gasteiger partial charge in [0.15, 0.2) is 10.8 Å². The molecular formula is C24H18F5N3O4S. The minimum absolute atomic E-state index is 0.109. The summed E-state index contributed by atoms with van der Waals surface area (Å²) in [7, 11) is 0. The number of carbonyl (C=O) groups excluding carboxylic acids is 2. The summed E-state index contributed by atoms with van der Waals surface area (Å²) in [4.78, 5) is 40.8. The number of nitrogens with zero attached hydrogens (tertiary/aromatic N) is 1. The molecule has 37 heavy (non-hydrogen) atoms. The average molecular weight is 539 g/mol. The Labute approximate surface area is 210 Å². The molecule has 2 amide bonds. The van der Waals surface area contributed by atoms with Crippen molar-refractivity contribution >= 4 is 40.5 Å². The third-order valence-corrected chi connectivity index (χ3v) is 6.99. The number of thiazole rings is 1. The van der Waals surface area contributed by atoms with Gasteiger partial charge in [-0.05, 0) is 48.7 Å². The van der Waals surface area contributed by atoms with Gasteiger partial charge in [0, 0.05) is 12.1 Å². The highest BCUT2D eigenvalue weighted by molar-refractivity contribution is 7.17. The number of alkyl halides is 3. The zero-order chi connectivity index (χ0) is 26.9. The second-order valence-electron chi connectivity index (χ2n) is 8.34. The van der Waals surface area contributed by atoms with Gasteiger partial charge in [-0.2, -0.15) is 13.2 Å². The van der Waals surface area contributed by atoms with Gasteiger partial charge in [-0.15, -0.1) is 11.3 Å². The number of nitrogens with one attached hydrogen (secondary N) is 2. The molecule has 7 nitrogen and oxygen atoms in total. The lowest BCUT2D eigenvalue weighted by Gasteiger charge is -2.12. The maximum absolute atomic E-state index is 14.7. The van der Waals surface area contributed by atoms with Crippen LogP contribution in [0.2, 0.25) is 0 Å². The van der Waals surface area contributed by atoms with E-state index in [0.29, 0.717) is 47.9 Å². The van der Waals surface area contributed by atoms with E-state index in [-0.39, 0.29) is 16.5 Å². The van der Waals surface area contributed by atoms with E-state index >= 15 is 0 Å². The fraction of sp³-hybridized carbons (Fsp3) is 0.250. The Morgan fingerprint density at radius 1 is 0.946 bits per heavy atom. The fourth-order valence-electron chi connectivity index (χ4n) is 4.09. The first-order chi connectivity index (χ1) is 17.4. The predicted octanol–water partition coefficient (Wildman–Crippen LogP) is 6.43. The normalized spacial score (nSPS) is 17.4. The molecule has 4 rings (SSSR count). The monoisotopic (exact) mass is 539 g/mol. The molecule has 0 saturated heterocycles. The molecule has 1 fully saturated rings. The number of hydrogen-bond acceptors (Lipinski definition) is 5. The minimum Gasteiger partial charge on any atom is -0.481 e. The second kappa shape index (κ2) is 10.2. The Balaban J connectivity index is 1.45. The molecule has 2 atom stereocenters. The van der Waals surface area contributed by atoms with Crippen molar-refractivity contribution in [3.63, 3.8) is 0 Å². The number of carboxylic acid groups (broad SMARTS) is 1. The molecule has 0 aliphatic heterocycles. The fourth-order valence-corrected chi connectivity index (χ4v) is 5.01. The molecule has 1 aliphatic rings. The highest BCUT2D eigenvalue weighted by Crippen LogP contribution is 2.37. The van der Waals surface area contributed by atoms with Gasteiger partial charge >= 0.3 is 18.2 Å². The van der Waals surface area contributed by atoms with Crippen molar-refractivity contribution in [2.24, 2.45) is 11.8 Å². The molecule has 2 aromatic carbocycles. The number of hydrogen-bond donors (Lipinski definition) is 3. The van der Waals surface area contributed by atoms with E-state index in [1.807, 2.05) is 5.32 Å². The Bertz CT molecular complexity index is 1370. The van der Waals surface area contributed by atoms with Crippen LogP contribution < -0.4 is 10.6 Å². The molecule has 0 bridgehead atoms. The van der Waals surface area contributed by atoms with Crippen LogP contribution >= 0.6 is 11.3 Å². The molecule has 1 aromatic heterocycles. The zero-order valence-corrected chi connectivity index (χ0v) is 19.6. The number of rotatable bonds is 6. The average Bonchev–Trinajstić information content (AvgIpc) is 3.51. The molecule has 0 radical (unpaired) electrons. The molecule has 194 valence electrons. The van der Waals surface area contributed by atoms with Crippen LogP contribution in [-0.4, -0.2) is 27.9 Å². The first-order valence-electron chi connectivity index (χ1n) is 10.9. The lowest BCUT2D eigenvalue weighted by Crippen LogP contribution is -2.25. The standard InChI is InChI=1S/C24H18F5N3O4S/c25-15-6-5-12(24(27,28)29)9-18(15)32-23(36)31-17-7-4-11(8-16(17)26)19-10-30-21(37-19)20(33)13-2-1-3-14(13)22(34)35/h4-10,13-14H,1-3H2,(H,34,35)(H2,31,32,36). The van der Waals surface area contributed by atoms with E-state index < -0.39 is 52.9 Å². The second-order valence-corrected chi connectivity index (χ2v) is 9.37. The summed E-state index contributed by atoms with van der Waals surface area (Å²) in [6, 6.07) is 3.98. The van der Waals surface area contributed by atoms with Crippen molar-refractivity contribution in [1.82, 2.24) is 4.98 Å². The summed E-state index contributed by atoms with van der Waals surface area (Å²) < 4.78 is 67.1. The number of benzene rings is 2. The number of ketones is 1. The van der Waals surface area contributed by atoms with Gasteiger partial charge in [0.25, 0.3) is 0 Å². The highest BCUT2D eigenvalue weighted by atomic mass is 32.1. The SMILES string of the molecule is O=C(Nc1ccc(-c2cnc(C(=O)C3CCCC3C(=O)O)s2)cc1F)Nc1cc(C(F)(F)F)ccc1F. The highest BCUT2D eigenvalue weighted by Gasteiger charge is 2.39. The third-order valence-electron chi connectivity index (χ3n) is 5.93. The quantitative estimate of drug-likeness (QED) is 0.247. The van der Waals surface area contributed by atoms with Gasteiger partial charge in [0.2, 0.25) is 0 Å². The van der Waals surface area contributed by atoms with E-state index in [4.69, 9.17) is 0 Å². The smallest absolute Gasteiger partial charge is 0.416 e. The van der Waals surface area contributed by atoms with Crippen LogP contribution in [0, 0.1) is 23.5 Å². The van der Waals surface area contributed by atoms with Crippen LogP contribution in [0.3, 0.4) is 0 Å². The molecular weight excluding hydrogens is 521 g/mol. The van der Waals surface area contributed by atoms with Gasteiger partial charge in [-0.25, -0.2) is 18.6 Å². The molecule has 3 N–H and O–H groups in total. The number of anilines is 2. The van der Waals surface area contributed by atoms with Crippen LogP contribution in [0.1, 0.15) is 34.6 Å². The lowest BCUT2D eigenvalue weighted by atomic mass is 9.92. The zero-order valence-electron chi connectivity index (χ0n) is 18.7. The summed E-state index contributed by atoms with van der Waals surface area (Å²) in [6.45, 7) is 0. The van der Waals surface area contributed by atoms with E-state index in [9.17, 15) is 41.4 Å². The van der Waals surface area contributed by atoms with Crippen LogP contribution in [0.25, 0.3) is 10.4 Å². The Morgan fingerprint density at radius 3 is 2.32 bits per heavy atom. The largest absolute Gasteiger partial charge is 0.481 e. The van der Waals surface area contributed by atoms with Gasteiger partial charge in [-0.3, -0.25) is 9.59 Å². The molecule has 1 heterocycles. The number of halogens is 5. The molecule has 1 saturated carbocycles. The summed E-state index contributed by atoms with van der Waals surface area (Å²) in [5.74, 6) is -4.85. The summed E-state index contributed by atoms with van der Waals surface area (Å²) in [5, 5.41) is 13.4. The van der Waals surface area contributed by atoms with E-state index in [0.717, 1.165) is 17.4 Å². The van der Waals surface area contributed by atoms with Crippen LogP contribution in [-0.2, 0) is 11.0 Å². The number of aromatic nitrogens is 1. The first-order valence-corrected chi connectivity index (χ1v) is 11.7. The topological polar surface area (TPSA) is 108 Å². The maximum atomic E-state index is 14.7. The Hall–Kier alpha value is -3.87. The minimum atomic E-state index is -4.75. The molecule has 13 heteroatoms. The molecule has 0 spiro atoms. The van der Waals surface area contributed by atoms with Crippen LogP contribution in [0.5, 0.6) is 0 Å². The maximum Gasteiger partial charge on any atom is 0.416 e. The van der Waals surface area contributed by atoms with Crippen molar-refractivity contribution in [2.45, 2.75) is 25.4 Å². The predicted molar refractivity (Wildman–Crippen MR) is 124 cm³/mol. The van der Waals surface area contributed by atoms with Crippen molar-refractivity contribution in [3.05, 3.63) is 64.8 Å². The molecule has 2 unspecified atom stereocenters. The van der Waals surface area contributed by atoms with Gasteiger partial charge in [-0.1, -0.05) is 12.5 Å². The van der Waals surface area contributed by atoms with Crippen LogP contribution in [0.15, 0.2) is 42.6 Å². The summed E-state index contributed by atoms with van der Waals surface area (Å²) in [5.41, 5.74) is -1.91. The summed E-state index contributed by atoms with van der Waals surface area (Å²) in [6.07, 6.45) is -1.91. The van der Waals surface area contributed by atoms with Crippen molar-refractivity contribution < 1.29 is 41.4 Å². The van der Waals surface area contributed by atoms with Gasteiger partial charge < -0.3 is 15.7 Å². The lowest BCUT2D eigenvalue weighted by molar-refractivity contribution is -0.142. The number of urea groups is 1. The van der Waals surface area contributed by atoms with Crippen molar-refractivity contribution in [2.75, 3.05) is 10.6 Å². The number of aliphatic carboxylic acids is 1. The molecule has 1 aliphatic carbocycles.